The minimum atomic E-state index is -0.434. The van der Waals surface area contributed by atoms with E-state index in [4.69, 9.17) is 4.74 Å². The summed E-state index contributed by atoms with van der Waals surface area (Å²) in [7, 11) is 0. The quantitative estimate of drug-likeness (QED) is 0.132. The van der Waals surface area contributed by atoms with Crippen LogP contribution in [0.1, 0.15) is 75.3 Å². The maximum absolute atomic E-state index is 13.5. The second kappa shape index (κ2) is 8.81. The van der Waals surface area contributed by atoms with Gasteiger partial charge >= 0.3 is 5.97 Å². The number of nitrogens with zero attached hydrogens (tertiary/aromatic N) is 1. The van der Waals surface area contributed by atoms with Gasteiger partial charge in [0.1, 0.15) is 5.75 Å². The molecule has 3 aromatic carbocycles. The normalized spacial score (nSPS) is 17.1. The van der Waals surface area contributed by atoms with Crippen LogP contribution in [0, 0.1) is 10.1 Å². The van der Waals surface area contributed by atoms with Crippen molar-refractivity contribution in [1.29, 1.82) is 0 Å². The van der Waals surface area contributed by atoms with E-state index in [-0.39, 0.29) is 22.4 Å². The zero-order valence-corrected chi connectivity index (χ0v) is 21.1. The van der Waals surface area contributed by atoms with Crippen molar-refractivity contribution in [1.82, 2.24) is 0 Å². The number of hydrogen-bond donors (Lipinski definition) is 0. The van der Waals surface area contributed by atoms with Gasteiger partial charge in [-0.15, -0.1) is 0 Å². The van der Waals surface area contributed by atoms with Gasteiger partial charge in [0.15, 0.2) is 0 Å². The van der Waals surface area contributed by atoms with Gasteiger partial charge in [-0.1, -0.05) is 84.0 Å². The Labute approximate surface area is 206 Å². The van der Waals surface area contributed by atoms with Crippen molar-refractivity contribution in [3.8, 4) is 5.75 Å². The van der Waals surface area contributed by atoms with Crippen molar-refractivity contribution in [2.75, 3.05) is 0 Å². The summed E-state index contributed by atoms with van der Waals surface area (Å²) in [6.45, 7) is 12.9. The summed E-state index contributed by atoms with van der Waals surface area (Å²) in [6, 6.07) is 20.5. The zero-order valence-electron chi connectivity index (χ0n) is 21.1. The standard InChI is InChI=1S/C30H31NO4/c1-29(2,3)21-17-23-26(20-10-8-7-9-11-20)24(16-19-12-14-22(15-13-19)31(33)34)28(32)35-27(23)25(18-21)30(4,5)6/h7-18,26H,1-6H3/b24-16-. The van der Waals surface area contributed by atoms with E-state index in [0.29, 0.717) is 16.9 Å². The Balaban J connectivity index is 1.99. The van der Waals surface area contributed by atoms with Gasteiger partial charge in [0.05, 0.1) is 10.5 Å². The van der Waals surface area contributed by atoms with Crippen LogP contribution in [-0.2, 0) is 15.6 Å². The van der Waals surface area contributed by atoms with Gasteiger partial charge in [-0.2, -0.15) is 0 Å². The van der Waals surface area contributed by atoms with Crippen LogP contribution in [0.25, 0.3) is 6.08 Å². The molecule has 35 heavy (non-hydrogen) atoms. The Kier molecular flexibility index (Phi) is 6.14. The average molecular weight is 470 g/mol. The lowest BCUT2D eigenvalue weighted by Crippen LogP contribution is -2.28. The summed E-state index contributed by atoms with van der Waals surface area (Å²) < 4.78 is 6.04. The lowest BCUT2D eigenvalue weighted by Gasteiger charge is -2.34. The molecule has 0 N–H and O–H groups in total. The van der Waals surface area contributed by atoms with Crippen LogP contribution in [0.3, 0.4) is 0 Å². The molecule has 1 unspecified atom stereocenters. The Morgan fingerprint density at radius 1 is 0.886 bits per heavy atom. The van der Waals surface area contributed by atoms with E-state index >= 15 is 0 Å². The van der Waals surface area contributed by atoms with Crippen LogP contribution in [0.4, 0.5) is 5.69 Å². The van der Waals surface area contributed by atoms with E-state index in [0.717, 1.165) is 16.7 Å². The van der Waals surface area contributed by atoms with Crippen molar-refractivity contribution < 1.29 is 14.5 Å². The summed E-state index contributed by atoms with van der Waals surface area (Å²) >= 11 is 0. The molecule has 180 valence electrons. The number of fused-ring (bicyclic) bond motifs is 1. The third-order valence-electron chi connectivity index (χ3n) is 6.40. The predicted molar refractivity (Wildman–Crippen MR) is 139 cm³/mol. The summed E-state index contributed by atoms with van der Waals surface area (Å²) in [5.74, 6) is -0.102. The number of nitro benzene ring substituents is 1. The number of nitro groups is 1. The van der Waals surface area contributed by atoms with Gasteiger partial charge in [-0.25, -0.2) is 4.79 Å². The van der Waals surface area contributed by atoms with E-state index < -0.39 is 10.9 Å². The van der Waals surface area contributed by atoms with Gasteiger partial charge in [0.2, 0.25) is 0 Å². The molecule has 1 heterocycles. The summed E-state index contributed by atoms with van der Waals surface area (Å²) in [5.41, 5.74) is 5.02. The second-order valence-electron chi connectivity index (χ2n) is 11.1. The predicted octanol–water partition coefficient (Wildman–Crippen LogP) is 7.32. The highest BCUT2D eigenvalue weighted by Crippen LogP contribution is 2.48. The van der Waals surface area contributed by atoms with Crippen molar-refractivity contribution in [3.05, 3.63) is 110 Å². The van der Waals surface area contributed by atoms with Crippen LogP contribution in [0.5, 0.6) is 5.75 Å². The van der Waals surface area contributed by atoms with E-state index in [2.05, 4.69) is 53.7 Å². The number of esters is 1. The molecule has 1 aliphatic rings. The number of ether oxygens (including phenoxy) is 1. The smallest absolute Gasteiger partial charge is 0.340 e. The van der Waals surface area contributed by atoms with Crippen LogP contribution in [0.15, 0.2) is 72.3 Å². The van der Waals surface area contributed by atoms with E-state index in [1.54, 1.807) is 18.2 Å². The first kappa shape index (κ1) is 24.4. The maximum Gasteiger partial charge on any atom is 0.340 e. The molecule has 0 spiro atoms. The van der Waals surface area contributed by atoms with Crippen molar-refractivity contribution in [3.63, 3.8) is 0 Å². The average Bonchev–Trinajstić information content (AvgIpc) is 2.78. The summed E-state index contributed by atoms with van der Waals surface area (Å²) in [4.78, 5) is 24.1. The lowest BCUT2D eigenvalue weighted by molar-refractivity contribution is -0.384. The zero-order chi connectivity index (χ0) is 25.5. The Hall–Kier alpha value is -3.73. The largest absolute Gasteiger partial charge is 0.422 e. The second-order valence-corrected chi connectivity index (χ2v) is 11.1. The molecule has 0 saturated heterocycles. The van der Waals surface area contributed by atoms with E-state index in [9.17, 15) is 14.9 Å². The third-order valence-corrected chi connectivity index (χ3v) is 6.40. The molecule has 5 heteroatoms. The lowest BCUT2D eigenvalue weighted by atomic mass is 9.74. The van der Waals surface area contributed by atoms with Crippen LogP contribution < -0.4 is 4.74 Å². The first-order chi connectivity index (χ1) is 16.4. The molecule has 1 atom stereocenters. The van der Waals surface area contributed by atoms with Crippen LogP contribution >= 0.6 is 0 Å². The molecule has 0 aliphatic carbocycles. The van der Waals surface area contributed by atoms with E-state index in [1.807, 2.05) is 30.3 Å². The first-order valence-corrected chi connectivity index (χ1v) is 11.8. The number of carbonyl (C=O) groups excluding carboxylic acids is 1. The van der Waals surface area contributed by atoms with Crippen molar-refractivity contribution in [2.45, 2.75) is 58.3 Å². The molecule has 4 rings (SSSR count). The Morgan fingerprint density at radius 3 is 2.06 bits per heavy atom. The van der Waals surface area contributed by atoms with Gasteiger partial charge in [-0.3, -0.25) is 10.1 Å². The van der Waals surface area contributed by atoms with Crippen LogP contribution in [-0.4, -0.2) is 10.9 Å². The van der Waals surface area contributed by atoms with Crippen molar-refractivity contribution in [2.24, 2.45) is 0 Å². The third kappa shape index (κ3) is 4.90. The van der Waals surface area contributed by atoms with Crippen molar-refractivity contribution >= 4 is 17.7 Å². The van der Waals surface area contributed by atoms with Gasteiger partial charge < -0.3 is 4.74 Å². The first-order valence-electron chi connectivity index (χ1n) is 11.8. The molecule has 1 aliphatic heterocycles. The minimum Gasteiger partial charge on any atom is -0.422 e. The number of non-ortho nitro benzene ring substituents is 1. The highest BCUT2D eigenvalue weighted by Gasteiger charge is 2.38. The number of rotatable bonds is 3. The maximum atomic E-state index is 13.5. The van der Waals surface area contributed by atoms with Gasteiger partial charge in [-0.05, 0) is 45.7 Å². The Bertz CT molecular complexity index is 1310. The molecular formula is C30H31NO4. The fourth-order valence-corrected chi connectivity index (χ4v) is 4.43. The molecule has 0 fully saturated rings. The van der Waals surface area contributed by atoms with Crippen LogP contribution in [0.2, 0.25) is 0 Å². The molecule has 0 bridgehead atoms. The van der Waals surface area contributed by atoms with Gasteiger partial charge in [0, 0.05) is 29.2 Å². The SMILES string of the molecule is CC(C)(C)c1cc2c(c(C(C)(C)C)c1)OC(=O)/C(=C\c1ccc([N+](=O)[O-])cc1)C2c1ccccc1. The highest BCUT2D eigenvalue weighted by atomic mass is 16.6. The topological polar surface area (TPSA) is 69.4 Å². The minimum absolute atomic E-state index is 0.00737. The molecule has 5 nitrogen and oxygen atoms in total. The van der Waals surface area contributed by atoms with Gasteiger partial charge in [0.25, 0.3) is 5.69 Å². The van der Waals surface area contributed by atoms with E-state index in [1.165, 1.54) is 17.7 Å². The number of benzene rings is 3. The molecule has 0 saturated carbocycles. The number of hydrogen-bond acceptors (Lipinski definition) is 4. The molecular weight excluding hydrogens is 438 g/mol. The molecule has 0 radical (unpaired) electrons. The summed E-state index contributed by atoms with van der Waals surface area (Å²) in [5, 5.41) is 11.1. The highest BCUT2D eigenvalue weighted by molar-refractivity contribution is 6.00. The molecule has 3 aromatic rings. The number of carbonyl (C=O) groups is 1. The monoisotopic (exact) mass is 469 g/mol. The Morgan fingerprint density at radius 2 is 1.51 bits per heavy atom. The molecule has 0 aromatic heterocycles. The fraction of sp³-hybridized carbons (Fsp3) is 0.300. The molecule has 0 amide bonds. The fourth-order valence-electron chi connectivity index (χ4n) is 4.43. The summed E-state index contributed by atoms with van der Waals surface area (Å²) in [6.07, 6.45) is 1.78.